The van der Waals surface area contributed by atoms with Gasteiger partial charge in [-0.25, -0.2) is 4.98 Å². The summed E-state index contributed by atoms with van der Waals surface area (Å²) in [5.74, 6) is 2.34. The Morgan fingerprint density at radius 1 is 1.40 bits per heavy atom. The Morgan fingerprint density at radius 3 is 2.80 bits per heavy atom. The molecule has 1 saturated heterocycles. The SMILES string of the molecule is CCC1CN(c2ccc(CNC(C)(C)C)cn2)CCS1. The van der Waals surface area contributed by atoms with Gasteiger partial charge in [-0.15, -0.1) is 0 Å². The van der Waals surface area contributed by atoms with Gasteiger partial charge in [0.1, 0.15) is 5.82 Å². The first kappa shape index (κ1) is 15.6. The van der Waals surface area contributed by atoms with Crippen LogP contribution in [0.2, 0.25) is 0 Å². The summed E-state index contributed by atoms with van der Waals surface area (Å²) in [5, 5.41) is 4.25. The molecule has 1 aromatic heterocycles. The lowest BCUT2D eigenvalue weighted by atomic mass is 10.1. The summed E-state index contributed by atoms with van der Waals surface area (Å²) in [6.45, 7) is 12.0. The van der Waals surface area contributed by atoms with Gasteiger partial charge in [-0.3, -0.25) is 0 Å². The van der Waals surface area contributed by atoms with Gasteiger partial charge >= 0.3 is 0 Å². The summed E-state index contributed by atoms with van der Waals surface area (Å²) >= 11 is 2.10. The van der Waals surface area contributed by atoms with Gasteiger partial charge in [-0.1, -0.05) is 13.0 Å². The van der Waals surface area contributed by atoms with Crippen molar-refractivity contribution in [2.45, 2.75) is 51.4 Å². The van der Waals surface area contributed by atoms with Crippen LogP contribution in [0.1, 0.15) is 39.7 Å². The second kappa shape index (κ2) is 6.81. The molecule has 0 amide bonds. The first-order valence-corrected chi connectivity index (χ1v) is 8.59. The van der Waals surface area contributed by atoms with Crippen molar-refractivity contribution in [2.75, 3.05) is 23.7 Å². The predicted molar refractivity (Wildman–Crippen MR) is 89.6 cm³/mol. The molecule has 1 N–H and O–H groups in total. The second-order valence-corrected chi connectivity index (χ2v) is 7.88. The van der Waals surface area contributed by atoms with Crippen LogP contribution < -0.4 is 10.2 Å². The minimum Gasteiger partial charge on any atom is -0.355 e. The Hall–Kier alpha value is -0.740. The number of aromatic nitrogens is 1. The van der Waals surface area contributed by atoms with Gasteiger partial charge in [0.05, 0.1) is 0 Å². The molecule has 0 saturated carbocycles. The van der Waals surface area contributed by atoms with Crippen LogP contribution in [0.3, 0.4) is 0 Å². The fourth-order valence-corrected chi connectivity index (χ4v) is 3.43. The number of nitrogens with one attached hydrogen (secondary N) is 1. The van der Waals surface area contributed by atoms with E-state index < -0.39 is 0 Å². The van der Waals surface area contributed by atoms with E-state index >= 15 is 0 Å². The smallest absolute Gasteiger partial charge is 0.128 e. The highest BCUT2D eigenvalue weighted by atomic mass is 32.2. The molecule has 1 aliphatic heterocycles. The molecule has 0 radical (unpaired) electrons. The van der Waals surface area contributed by atoms with Gasteiger partial charge < -0.3 is 10.2 Å². The molecule has 2 rings (SSSR count). The Kier molecular flexibility index (Phi) is 5.33. The average Bonchev–Trinajstić information content (AvgIpc) is 2.45. The van der Waals surface area contributed by atoms with Gasteiger partial charge in [0.15, 0.2) is 0 Å². The highest BCUT2D eigenvalue weighted by Crippen LogP contribution is 2.24. The van der Waals surface area contributed by atoms with Crippen molar-refractivity contribution in [3.8, 4) is 0 Å². The molecular weight excluding hydrogens is 266 g/mol. The van der Waals surface area contributed by atoms with Crippen molar-refractivity contribution in [2.24, 2.45) is 0 Å². The fourth-order valence-electron chi connectivity index (χ4n) is 2.25. The van der Waals surface area contributed by atoms with Crippen molar-refractivity contribution in [1.82, 2.24) is 10.3 Å². The zero-order valence-electron chi connectivity index (χ0n) is 13.1. The van der Waals surface area contributed by atoms with Crippen LogP contribution in [-0.4, -0.2) is 34.6 Å². The van der Waals surface area contributed by atoms with E-state index in [1.807, 2.05) is 6.20 Å². The summed E-state index contributed by atoms with van der Waals surface area (Å²) in [6.07, 6.45) is 3.26. The van der Waals surface area contributed by atoms with E-state index in [2.05, 4.69) is 66.8 Å². The number of anilines is 1. The maximum atomic E-state index is 4.65. The Balaban J connectivity index is 1.94. The normalized spacial score (nSPS) is 20.2. The summed E-state index contributed by atoms with van der Waals surface area (Å²) in [7, 11) is 0. The third kappa shape index (κ3) is 4.67. The van der Waals surface area contributed by atoms with Gasteiger partial charge in [-0.2, -0.15) is 11.8 Å². The lowest BCUT2D eigenvalue weighted by Crippen LogP contribution is -2.38. The molecule has 0 spiro atoms. The molecule has 1 aliphatic rings. The van der Waals surface area contributed by atoms with Crippen molar-refractivity contribution in [3.63, 3.8) is 0 Å². The van der Waals surface area contributed by atoms with Crippen LogP contribution in [0, 0.1) is 0 Å². The maximum absolute atomic E-state index is 4.65. The molecule has 0 bridgehead atoms. The summed E-state index contributed by atoms with van der Waals surface area (Å²) in [6, 6.07) is 4.37. The largest absolute Gasteiger partial charge is 0.355 e. The van der Waals surface area contributed by atoms with E-state index in [0.29, 0.717) is 0 Å². The van der Waals surface area contributed by atoms with Crippen LogP contribution in [0.4, 0.5) is 5.82 Å². The fraction of sp³-hybridized carbons (Fsp3) is 0.688. The van der Waals surface area contributed by atoms with E-state index in [9.17, 15) is 0 Å². The minimum atomic E-state index is 0.150. The molecule has 2 heterocycles. The first-order chi connectivity index (χ1) is 9.48. The van der Waals surface area contributed by atoms with Crippen LogP contribution >= 0.6 is 11.8 Å². The molecule has 4 heteroatoms. The number of hydrogen-bond acceptors (Lipinski definition) is 4. The van der Waals surface area contributed by atoms with Crippen molar-refractivity contribution in [3.05, 3.63) is 23.9 Å². The Morgan fingerprint density at radius 2 is 2.20 bits per heavy atom. The second-order valence-electron chi connectivity index (χ2n) is 6.48. The third-order valence-electron chi connectivity index (χ3n) is 3.55. The number of hydrogen-bond donors (Lipinski definition) is 1. The highest BCUT2D eigenvalue weighted by molar-refractivity contribution is 8.00. The molecule has 112 valence electrons. The standard InChI is InChI=1S/C16H27N3S/c1-5-14-12-19(8-9-20-14)15-7-6-13(10-17-15)11-18-16(2,3)4/h6-7,10,14,18H,5,8-9,11-12H2,1-4H3. The quantitative estimate of drug-likeness (QED) is 0.922. The van der Waals surface area contributed by atoms with E-state index in [1.54, 1.807) is 0 Å². The molecule has 1 atom stereocenters. The summed E-state index contributed by atoms with van der Waals surface area (Å²) < 4.78 is 0. The van der Waals surface area contributed by atoms with Crippen molar-refractivity contribution in [1.29, 1.82) is 0 Å². The molecule has 0 aromatic carbocycles. The van der Waals surface area contributed by atoms with Crippen LogP contribution in [0.25, 0.3) is 0 Å². The molecule has 1 unspecified atom stereocenters. The van der Waals surface area contributed by atoms with Gasteiger partial charge in [0.2, 0.25) is 0 Å². The average molecular weight is 293 g/mol. The van der Waals surface area contributed by atoms with E-state index in [1.165, 1.54) is 17.7 Å². The van der Waals surface area contributed by atoms with Crippen molar-refractivity contribution < 1.29 is 0 Å². The van der Waals surface area contributed by atoms with E-state index in [0.717, 1.165) is 30.7 Å². The summed E-state index contributed by atoms with van der Waals surface area (Å²) in [4.78, 5) is 7.07. The molecule has 3 nitrogen and oxygen atoms in total. The zero-order valence-corrected chi connectivity index (χ0v) is 14.0. The number of pyridine rings is 1. The lowest BCUT2D eigenvalue weighted by molar-refractivity contribution is 0.424. The van der Waals surface area contributed by atoms with E-state index in [4.69, 9.17) is 0 Å². The third-order valence-corrected chi connectivity index (χ3v) is 4.92. The molecule has 1 aromatic rings. The zero-order chi connectivity index (χ0) is 14.6. The Labute approximate surface area is 127 Å². The topological polar surface area (TPSA) is 28.2 Å². The van der Waals surface area contributed by atoms with Crippen LogP contribution in [-0.2, 0) is 6.54 Å². The molecule has 0 aliphatic carbocycles. The first-order valence-electron chi connectivity index (χ1n) is 7.54. The van der Waals surface area contributed by atoms with Crippen molar-refractivity contribution >= 4 is 17.6 Å². The number of thioether (sulfide) groups is 1. The predicted octanol–water partition coefficient (Wildman–Crippen LogP) is 3.30. The molecular formula is C16H27N3S. The highest BCUT2D eigenvalue weighted by Gasteiger charge is 2.19. The number of nitrogens with zero attached hydrogens (tertiary/aromatic N) is 2. The maximum Gasteiger partial charge on any atom is 0.128 e. The van der Waals surface area contributed by atoms with Crippen LogP contribution in [0.5, 0.6) is 0 Å². The monoisotopic (exact) mass is 293 g/mol. The van der Waals surface area contributed by atoms with Gasteiger partial charge in [-0.05, 0) is 38.8 Å². The van der Waals surface area contributed by atoms with Crippen LogP contribution in [0.15, 0.2) is 18.3 Å². The molecule has 20 heavy (non-hydrogen) atoms. The van der Waals surface area contributed by atoms with Gasteiger partial charge in [0, 0.05) is 42.4 Å². The minimum absolute atomic E-state index is 0.150. The lowest BCUT2D eigenvalue weighted by Gasteiger charge is -2.32. The number of rotatable bonds is 4. The molecule has 1 fully saturated rings. The van der Waals surface area contributed by atoms with E-state index in [-0.39, 0.29) is 5.54 Å². The Bertz CT molecular complexity index is 411. The summed E-state index contributed by atoms with van der Waals surface area (Å²) in [5.41, 5.74) is 1.40. The van der Waals surface area contributed by atoms with Gasteiger partial charge in [0.25, 0.3) is 0 Å².